The van der Waals surface area contributed by atoms with E-state index in [-0.39, 0.29) is 17.9 Å². The highest BCUT2D eigenvalue weighted by Crippen LogP contribution is 2.32. The van der Waals surface area contributed by atoms with Gasteiger partial charge in [0.25, 0.3) is 0 Å². The van der Waals surface area contributed by atoms with Crippen molar-refractivity contribution in [2.24, 2.45) is 5.92 Å². The van der Waals surface area contributed by atoms with Crippen LogP contribution in [0.3, 0.4) is 0 Å². The number of ether oxygens (including phenoxy) is 1. The quantitative estimate of drug-likeness (QED) is 0.576. The van der Waals surface area contributed by atoms with Crippen LogP contribution in [0.15, 0.2) is 23.0 Å². The minimum Gasteiger partial charge on any atom is -0.468 e. The normalized spacial score (nSPS) is 19.1. The first-order valence-corrected chi connectivity index (χ1v) is 5.50. The lowest BCUT2D eigenvalue weighted by Gasteiger charge is -2.22. The highest BCUT2D eigenvalue weighted by Gasteiger charge is 2.29. The smallest absolute Gasteiger partial charge is 0.324 e. The summed E-state index contributed by atoms with van der Waals surface area (Å²) in [6.07, 6.45) is 2.79. The zero-order chi connectivity index (χ0) is 13.0. The summed E-state index contributed by atoms with van der Waals surface area (Å²) in [6, 6.07) is 1.91. The molecular weight excluding hydrogens is 245 g/mol. The van der Waals surface area contributed by atoms with Crippen LogP contribution in [0.5, 0.6) is 0 Å². The molecule has 5 heteroatoms. The fraction of sp³-hybridized carbons (Fsp3) is 0.417. The van der Waals surface area contributed by atoms with E-state index in [1.807, 2.05) is 6.07 Å². The van der Waals surface area contributed by atoms with Crippen molar-refractivity contribution in [2.45, 2.75) is 18.7 Å². The molecule has 91 valence electrons. The topological polar surface area (TPSA) is 50.1 Å². The van der Waals surface area contributed by atoms with E-state index in [0.717, 1.165) is 6.08 Å². The Morgan fingerprint density at radius 2 is 2.35 bits per heavy atom. The Labute approximate surface area is 105 Å². The Bertz CT molecular complexity index is 423. The van der Waals surface area contributed by atoms with Gasteiger partial charge in [-0.2, -0.15) is 5.26 Å². The van der Waals surface area contributed by atoms with Gasteiger partial charge in [-0.05, 0) is 18.1 Å². The summed E-state index contributed by atoms with van der Waals surface area (Å²) in [7, 11) is 1.25. The maximum Gasteiger partial charge on any atom is 0.324 e. The number of carbonyl (C=O) groups excluding carboxylic acids is 1. The number of hydrogen-bond acceptors (Lipinski definition) is 3. The largest absolute Gasteiger partial charge is 0.468 e. The molecule has 2 unspecified atom stereocenters. The van der Waals surface area contributed by atoms with Crippen molar-refractivity contribution in [1.29, 1.82) is 5.26 Å². The fourth-order valence-electron chi connectivity index (χ4n) is 1.64. The van der Waals surface area contributed by atoms with Gasteiger partial charge in [0.05, 0.1) is 18.8 Å². The minimum absolute atomic E-state index is 0.229. The number of nitriles is 1. The number of rotatable bonds is 3. The Morgan fingerprint density at radius 3 is 2.88 bits per heavy atom. The predicted octanol–water partition coefficient (Wildman–Crippen LogP) is 2.68. The Morgan fingerprint density at radius 1 is 1.71 bits per heavy atom. The Balaban J connectivity index is 2.99. The first-order valence-electron chi connectivity index (χ1n) is 5.06. The Hall–Kier alpha value is -1.34. The molecule has 0 bridgehead atoms. The molecular formula is C12H12ClFNO2. The van der Waals surface area contributed by atoms with Crippen molar-refractivity contribution >= 4 is 17.6 Å². The van der Waals surface area contributed by atoms with Gasteiger partial charge in [-0.25, -0.2) is 4.39 Å². The lowest BCUT2D eigenvalue weighted by Crippen LogP contribution is -2.26. The lowest BCUT2D eigenvalue weighted by molar-refractivity contribution is -0.140. The van der Waals surface area contributed by atoms with Gasteiger partial charge < -0.3 is 4.74 Å². The molecule has 0 aromatic heterocycles. The predicted molar refractivity (Wildman–Crippen MR) is 61.6 cm³/mol. The van der Waals surface area contributed by atoms with Crippen LogP contribution in [0.2, 0.25) is 0 Å². The molecule has 17 heavy (non-hydrogen) atoms. The summed E-state index contributed by atoms with van der Waals surface area (Å²) in [4.78, 5) is 11.3. The van der Waals surface area contributed by atoms with Crippen molar-refractivity contribution < 1.29 is 13.9 Å². The average molecular weight is 257 g/mol. The maximum atomic E-state index is 13.0. The third-order valence-electron chi connectivity index (χ3n) is 2.68. The highest BCUT2D eigenvalue weighted by atomic mass is 35.5. The van der Waals surface area contributed by atoms with Crippen molar-refractivity contribution in [3.05, 3.63) is 29.5 Å². The van der Waals surface area contributed by atoms with E-state index in [1.54, 1.807) is 6.92 Å². The molecule has 1 aliphatic rings. The van der Waals surface area contributed by atoms with Gasteiger partial charge in [0.1, 0.15) is 11.2 Å². The van der Waals surface area contributed by atoms with Gasteiger partial charge in [-0.1, -0.05) is 6.92 Å². The van der Waals surface area contributed by atoms with E-state index >= 15 is 0 Å². The van der Waals surface area contributed by atoms with Crippen LogP contribution in [0.25, 0.3) is 0 Å². The van der Waals surface area contributed by atoms with E-state index < -0.39 is 17.2 Å². The number of alkyl halides is 1. The van der Waals surface area contributed by atoms with Crippen LogP contribution in [-0.2, 0) is 9.53 Å². The van der Waals surface area contributed by atoms with Crippen LogP contribution >= 0.6 is 11.6 Å². The van der Waals surface area contributed by atoms with Gasteiger partial charge in [0.2, 0.25) is 0 Å². The van der Waals surface area contributed by atoms with Crippen LogP contribution in [0, 0.1) is 23.7 Å². The molecule has 0 saturated carbocycles. The van der Waals surface area contributed by atoms with Gasteiger partial charge in [0, 0.05) is 12.3 Å². The van der Waals surface area contributed by atoms with Crippen LogP contribution in [0.1, 0.15) is 13.3 Å². The summed E-state index contributed by atoms with van der Waals surface area (Å²) in [5.74, 6) is -1.37. The van der Waals surface area contributed by atoms with Gasteiger partial charge in [0.15, 0.2) is 0 Å². The van der Waals surface area contributed by atoms with Gasteiger partial charge >= 0.3 is 5.97 Å². The summed E-state index contributed by atoms with van der Waals surface area (Å²) < 4.78 is 17.5. The standard InChI is InChI=1S/C12H12ClFNO2/c1-7(11(13)12(16)17-2)10-4-3-9(14)5-8(10)6-15/h3,5,7,11H,4H2,1-2H3. The van der Waals surface area contributed by atoms with E-state index in [4.69, 9.17) is 16.9 Å². The van der Waals surface area contributed by atoms with Gasteiger partial charge in [-0.3, -0.25) is 4.79 Å². The molecule has 3 nitrogen and oxygen atoms in total. The number of carbonyl (C=O) groups is 1. The first kappa shape index (κ1) is 13.7. The first-order chi connectivity index (χ1) is 8.01. The van der Waals surface area contributed by atoms with E-state index in [0.29, 0.717) is 5.57 Å². The van der Waals surface area contributed by atoms with Crippen molar-refractivity contribution in [2.75, 3.05) is 7.11 Å². The Kier molecular flexibility index (Phi) is 4.71. The summed E-state index contributed by atoms with van der Waals surface area (Å²) >= 11 is 5.93. The number of esters is 1. The molecule has 1 rings (SSSR count). The lowest BCUT2D eigenvalue weighted by atomic mass is 9.86. The van der Waals surface area contributed by atoms with Crippen LogP contribution in [0.4, 0.5) is 4.39 Å². The third-order valence-corrected chi connectivity index (χ3v) is 3.24. The van der Waals surface area contributed by atoms with E-state index in [9.17, 15) is 9.18 Å². The molecule has 0 spiro atoms. The fourth-order valence-corrected chi connectivity index (χ4v) is 1.88. The second-order valence-corrected chi connectivity index (χ2v) is 4.17. The molecule has 1 aliphatic carbocycles. The average Bonchev–Trinajstić information content (AvgIpc) is 2.35. The van der Waals surface area contributed by atoms with E-state index in [2.05, 4.69) is 4.74 Å². The van der Waals surface area contributed by atoms with E-state index in [1.165, 1.54) is 13.5 Å². The molecule has 0 aromatic carbocycles. The zero-order valence-corrected chi connectivity index (χ0v) is 10.3. The highest BCUT2D eigenvalue weighted by molar-refractivity contribution is 6.30. The molecule has 2 atom stereocenters. The number of halogens is 2. The molecule has 0 aromatic rings. The van der Waals surface area contributed by atoms with Crippen molar-refractivity contribution in [3.63, 3.8) is 0 Å². The molecule has 1 radical (unpaired) electrons. The summed E-state index contributed by atoms with van der Waals surface area (Å²) in [6.45, 7) is 1.71. The molecule has 0 fully saturated rings. The second-order valence-electron chi connectivity index (χ2n) is 3.70. The third kappa shape index (κ3) is 3.07. The number of nitrogens with zero attached hydrogens (tertiary/aromatic N) is 1. The maximum absolute atomic E-state index is 13.0. The number of allylic oxidation sites excluding steroid dienone is 4. The van der Waals surface area contributed by atoms with Gasteiger partial charge in [-0.15, -0.1) is 11.6 Å². The molecule has 0 aliphatic heterocycles. The van der Waals surface area contributed by atoms with Crippen molar-refractivity contribution in [3.8, 4) is 6.07 Å². The minimum atomic E-state index is -0.874. The SMILES string of the molecule is COC(=O)C(Cl)C(C)C1=C(C#N)C=C(F)[CH]C1. The molecule has 0 heterocycles. The monoisotopic (exact) mass is 256 g/mol. The molecule has 0 saturated heterocycles. The van der Waals surface area contributed by atoms with Crippen LogP contribution < -0.4 is 0 Å². The molecule has 0 amide bonds. The molecule has 0 N–H and O–H groups in total. The summed E-state index contributed by atoms with van der Waals surface area (Å²) in [5.41, 5.74) is 0.881. The zero-order valence-electron chi connectivity index (χ0n) is 9.54. The van der Waals surface area contributed by atoms with Crippen molar-refractivity contribution in [1.82, 2.24) is 0 Å². The number of methoxy groups -OCH3 is 1. The number of hydrogen-bond donors (Lipinski definition) is 0. The summed E-state index contributed by atoms with van der Waals surface area (Å²) in [5, 5.41) is 8.04. The van der Waals surface area contributed by atoms with Crippen LogP contribution in [-0.4, -0.2) is 18.5 Å². The second kappa shape index (κ2) is 5.83.